The summed E-state index contributed by atoms with van der Waals surface area (Å²) in [4.78, 5) is 17.7. The summed E-state index contributed by atoms with van der Waals surface area (Å²) in [5, 5.41) is 8.68. The lowest BCUT2D eigenvalue weighted by atomic mass is 10.1. The first-order valence-electron chi connectivity index (χ1n) is 6.63. The Bertz CT molecular complexity index is 646. The summed E-state index contributed by atoms with van der Waals surface area (Å²) in [6.07, 6.45) is 3.52. The van der Waals surface area contributed by atoms with Crippen molar-refractivity contribution in [1.29, 1.82) is 0 Å². The largest absolute Gasteiger partial charge is 0.491 e. The SMILES string of the molecule is O=C(NO)c1ccc2c(c1)OCCN(c1ccncc1)C2. The first-order valence-corrected chi connectivity index (χ1v) is 6.63. The second-order valence-electron chi connectivity index (χ2n) is 4.74. The average Bonchev–Trinajstić information content (AvgIpc) is 2.76. The molecule has 0 atom stereocenters. The maximum Gasteiger partial charge on any atom is 0.274 e. The van der Waals surface area contributed by atoms with Gasteiger partial charge in [0.05, 0.1) is 6.54 Å². The monoisotopic (exact) mass is 285 g/mol. The van der Waals surface area contributed by atoms with Gasteiger partial charge in [0, 0.05) is 35.8 Å². The fourth-order valence-corrected chi connectivity index (χ4v) is 2.35. The van der Waals surface area contributed by atoms with Gasteiger partial charge in [-0.1, -0.05) is 6.07 Å². The van der Waals surface area contributed by atoms with Crippen LogP contribution in [0.25, 0.3) is 0 Å². The standard InChI is InChI=1S/C15H15N3O3/c19-15(17-20)11-1-2-12-10-18(7-8-21-14(12)9-11)13-3-5-16-6-4-13/h1-6,9,20H,7-8,10H2,(H,17,19). The molecule has 1 aromatic heterocycles. The van der Waals surface area contributed by atoms with Crippen LogP contribution in [0.15, 0.2) is 42.7 Å². The number of benzene rings is 1. The van der Waals surface area contributed by atoms with E-state index in [0.29, 0.717) is 24.5 Å². The van der Waals surface area contributed by atoms with E-state index in [4.69, 9.17) is 9.94 Å². The maximum absolute atomic E-state index is 11.4. The third kappa shape index (κ3) is 2.80. The van der Waals surface area contributed by atoms with E-state index in [2.05, 4.69) is 9.88 Å². The number of anilines is 1. The number of ether oxygens (including phenoxy) is 1. The van der Waals surface area contributed by atoms with Crippen molar-refractivity contribution in [2.24, 2.45) is 0 Å². The first-order chi connectivity index (χ1) is 10.3. The van der Waals surface area contributed by atoms with Gasteiger partial charge in [-0.05, 0) is 24.3 Å². The minimum Gasteiger partial charge on any atom is -0.491 e. The smallest absolute Gasteiger partial charge is 0.274 e. The lowest BCUT2D eigenvalue weighted by Gasteiger charge is -2.21. The molecule has 0 spiro atoms. The zero-order chi connectivity index (χ0) is 14.7. The van der Waals surface area contributed by atoms with Gasteiger partial charge in [0.25, 0.3) is 5.91 Å². The summed E-state index contributed by atoms with van der Waals surface area (Å²) >= 11 is 0. The minimum absolute atomic E-state index is 0.369. The first kappa shape index (κ1) is 13.4. The number of carbonyl (C=O) groups excluding carboxylic acids is 1. The van der Waals surface area contributed by atoms with Crippen molar-refractivity contribution in [3.8, 4) is 5.75 Å². The molecule has 21 heavy (non-hydrogen) atoms. The third-order valence-electron chi connectivity index (χ3n) is 3.44. The summed E-state index contributed by atoms with van der Waals surface area (Å²) in [6.45, 7) is 1.97. The molecule has 0 saturated carbocycles. The molecular weight excluding hydrogens is 270 g/mol. The zero-order valence-corrected chi connectivity index (χ0v) is 11.3. The maximum atomic E-state index is 11.4. The van der Waals surface area contributed by atoms with Crippen LogP contribution in [0.1, 0.15) is 15.9 Å². The number of nitrogens with one attached hydrogen (secondary N) is 1. The van der Waals surface area contributed by atoms with Gasteiger partial charge in [0.2, 0.25) is 0 Å². The molecule has 1 amide bonds. The van der Waals surface area contributed by atoms with Crippen LogP contribution in [-0.4, -0.2) is 29.3 Å². The molecule has 6 heteroatoms. The van der Waals surface area contributed by atoms with Gasteiger partial charge in [-0.2, -0.15) is 0 Å². The van der Waals surface area contributed by atoms with Gasteiger partial charge >= 0.3 is 0 Å². The summed E-state index contributed by atoms with van der Waals surface area (Å²) in [5.74, 6) is 0.129. The third-order valence-corrected chi connectivity index (χ3v) is 3.44. The fraction of sp³-hybridized carbons (Fsp3) is 0.200. The van der Waals surface area contributed by atoms with E-state index in [1.54, 1.807) is 30.0 Å². The van der Waals surface area contributed by atoms with Crippen molar-refractivity contribution in [3.63, 3.8) is 0 Å². The molecule has 0 bridgehead atoms. The number of nitrogens with zero attached hydrogens (tertiary/aromatic N) is 2. The van der Waals surface area contributed by atoms with E-state index in [1.165, 1.54) is 0 Å². The van der Waals surface area contributed by atoms with Crippen LogP contribution in [0, 0.1) is 0 Å². The molecule has 6 nitrogen and oxygen atoms in total. The molecule has 1 aliphatic heterocycles. The molecule has 3 rings (SSSR count). The lowest BCUT2D eigenvalue weighted by molar-refractivity contribution is 0.0706. The van der Waals surface area contributed by atoms with Crippen LogP contribution in [0.4, 0.5) is 5.69 Å². The molecule has 2 N–H and O–H groups in total. The summed E-state index contributed by atoms with van der Waals surface area (Å²) in [5.41, 5.74) is 4.08. The molecule has 108 valence electrons. The van der Waals surface area contributed by atoms with Crippen LogP contribution in [0.3, 0.4) is 0 Å². The molecule has 1 aromatic carbocycles. The highest BCUT2D eigenvalue weighted by Crippen LogP contribution is 2.27. The highest BCUT2D eigenvalue weighted by molar-refractivity contribution is 5.93. The Labute approximate surface area is 121 Å². The number of hydrogen-bond donors (Lipinski definition) is 2. The van der Waals surface area contributed by atoms with Crippen LogP contribution in [-0.2, 0) is 6.54 Å². The number of hydrogen-bond acceptors (Lipinski definition) is 5. The molecule has 0 fully saturated rings. The van der Waals surface area contributed by atoms with Crippen molar-refractivity contribution in [2.45, 2.75) is 6.54 Å². The van der Waals surface area contributed by atoms with Crippen molar-refractivity contribution >= 4 is 11.6 Å². The van der Waals surface area contributed by atoms with E-state index < -0.39 is 5.91 Å². The predicted octanol–water partition coefficient (Wildman–Crippen LogP) is 1.60. The molecule has 2 heterocycles. The van der Waals surface area contributed by atoms with Crippen LogP contribution < -0.4 is 15.1 Å². The van der Waals surface area contributed by atoms with Gasteiger partial charge in [0.15, 0.2) is 0 Å². The predicted molar refractivity (Wildman–Crippen MR) is 76.5 cm³/mol. The second-order valence-corrected chi connectivity index (χ2v) is 4.74. The number of fused-ring (bicyclic) bond motifs is 1. The molecule has 2 aromatic rings. The van der Waals surface area contributed by atoms with Gasteiger partial charge < -0.3 is 9.64 Å². The second kappa shape index (κ2) is 5.80. The number of carbonyl (C=O) groups is 1. The van der Waals surface area contributed by atoms with Crippen molar-refractivity contribution < 1.29 is 14.7 Å². The highest BCUT2D eigenvalue weighted by atomic mass is 16.5. The van der Waals surface area contributed by atoms with Gasteiger partial charge in [-0.3, -0.25) is 15.0 Å². The molecule has 0 saturated heterocycles. The Balaban J connectivity index is 1.88. The van der Waals surface area contributed by atoms with Gasteiger partial charge in [-0.25, -0.2) is 5.48 Å². The van der Waals surface area contributed by atoms with Gasteiger partial charge in [-0.15, -0.1) is 0 Å². The normalized spacial score (nSPS) is 13.9. The fourth-order valence-electron chi connectivity index (χ4n) is 2.35. The number of rotatable bonds is 2. The van der Waals surface area contributed by atoms with Crippen LogP contribution in [0.5, 0.6) is 5.75 Å². The quantitative estimate of drug-likeness (QED) is 0.647. The Kier molecular flexibility index (Phi) is 3.70. The van der Waals surface area contributed by atoms with E-state index in [-0.39, 0.29) is 0 Å². The highest BCUT2D eigenvalue weighted by Gasteiger charge is 2.17. The summed E-state index contributed by atoms with van der Waals surface area (Å²) in [6, 6.07) is 9.08. The van der Waals surface area contributed by atoms with E-state index in [1.807, 2.05) is 18.2 Å². The Hall–Kier alpha value is -2.60. The molecule has 0 aliphatic carbocycles. The number of amides is 1. The van der Waals surface area contributed by atoms with E-state index in [9.17, 15) is 4.79 Å². The lowest BCUT2D eigenvalue weighted by Crippen LogP contribution is -2.25. The van der Waals surface area contributed by atoms with Crippen LogP contribution >= 0.6 is 0 Å². The van der Waals surface area contributed by atoms with E-state index >= 15 is 0 Å². The van der Waals surface area contributed by atoms with Crippen molar-refractivity contribution in [1.82, 2.24) is 10.5 Å². The topological polar surface area (TPSA) is 74.7 Å². The summed E-state index contributed by atoms with van der Waals surface area (Å²) in [7, 11) is 0. The average molecular weight is 285 g/mol. The Morgan fingerprint density at radius 1 is 1.29 bits per heavy atom. The number of aromatic nitrogens is 1. The molecule has 1 aliphatic rings. The zero-order valence-electron chi connectivity index (χ0n) is 11.3. The summed E-state index contributed by atoms with van der Waals surface area (Å²) < 4.78 is 5.72. The number of pyridine rings is 1. The van der Waals surface area contributed by atoms with Gasteiger partial charge in [0.1, 0.15) is 12.4 Å². The number of hydroxylamine groups is 1. The van der Waals surface area contributed by atoms with Crippen molar-refractivity contribution in [3.05, 3.63) is 53.9 Å². The Morgan fingerprint density at radius 3 is 2.86 bits per heavy atom. The molecule has 0 unspecified atom stereocenters. The Morgan fingerprint density at radius 2 is 2.10 bits per heavy atom. The van der Waals surface area contributed by atoms with Crippen molar-refractivity contribution in [2.75, 3.05) is 18.1 Å². The van der Waals surface area contributed by atoms with Crippen LogP contribution in [0.2, 0.25) is 0 Å². The minimum atomic E-state index is -0.545. The molecular formula is C15H15N3O3. The molecule has 0 radical (unpaired) electrons. The van der Waals surface area contributed by atoms with E-state index in [0.717, 1.165) is 17.8 Å².